The molecule has 1 aliphatic heterocycles. The van der Waals surface area contributed by atoms with Gasteiger partial charge >= 0.3 is 0 Å². The molecule has 1 saturated heterocycles. The minimum Gasteiger partial charge on any atom is -0.377 e. The van der Waals surface area contributed by atoms with Gasteiger partial charge in [-0.2, -0.15) is 4.98 Å². The predicted molar refractivity (Wildman–Crippen MR) is 86.5 cm³/mol. The van der Waals surface area contributed by atoms with Crippen LogP contribution >= 0.6 is 11.6 Å². The fourth-order valence-corrected chi connectivity index (χ4v) is 3.14. The summed E-state index contributed by atoms with van der Waals surface area (Å²) in [6.07, 6.45) is 3.15. The number of carbonyl (C=O) groups excluding carboxylic acids is 1. The van der Waals surface area contributed by atoms with Crippen LogP contribution in [0.3, 0.4) is 0 Å². The van der Waals surface area contributed by atoms with Crippen molar-refractivity contribution in [1.82, 2.24) is 19.6 Å². The molecule has 0 N–H and O–H groups in total. The molecule has 1 amide bonds. The highest BCUT2D eigenvalue weighted by molar-refractivity contribution is 6.31. The van der Waals surface area contributed by atoms with E-state index in [-0.39, 0.29) is 18.5 Å². The lowest BCUT2D eigenvalue weighted by atomic mass is 10.2. The van der Waals surface area contributed by atoms with Gasteiger partial charge in [0.05, 0.1) is 13.2 Å². The Hall–Kier alpha value is -2.38. The van der Waals surface area contributed by atoms with Crippen LogP contribution in [-0.2, 0) is 16.1 Å². The summed E-state index contributed by atoms with van der Waals surface area (Å²) in [5.41, 5.74) is 0.931. The zero-order valence-corrected chi connectivity index (χ0v) is 13.5. The molecule has 0 saturated carbocycles. The third-order valence-electron chi connectivity index (χ3n) is 4.17. The summed E-state index contributed by atoms with van der Waals surface area (Å²) in [5.74, 6) is 0.439. The zero-order valence-electron chi connectivity index (χ0n) is 12.8. The van der Waals surface area contributed by atoms with Crippen LogP contribution in [0.4, 0.5) is 0 Å². The first-order chi connectivity index (χ1) is 11.7. The number of carbonyl (C=O) groups is 1. The lowest BCUT2D eigenvalue weighted by molar-refractivity contribution is -0.141. The summed E-state index contributed by atoms with van der Waals surface area (Å²) >= 11 is 6.07. The van der Waals surface area contributed by atoms with Crippen LogP contribution in [0.1, 0.15) is 11.9 Å². The Labute approximate surface area is 142 Å². The van der Waals surface area contributed by atoms with Crippen molar-refractivity contribution in [2.75, 3.05) is 19.8 Å². The quantitative estimate of drug-likeness (QED) is 0.727. The molecule has 3 heterocycles. The highest BCUT2D eigenvalue weighted by Gasteiger charge is 2.31. The number of amides is 1. The smallest absolute Gasteiger partial charge is 0.243 e. The molecule has 1 fully saturated rings. The Morgan fingerprint density at radius 2 is 2.29 bits per heavy atom. The fourth-order valence-electron chi connectivity index (χ4n) is 2.97. The van der Waals surface area contributed by atoms with E-state index in [0.717, 1.165) is 10.9 Å². The molecule has 0 radical (unpaired) electrons. The van der Waals surface area contributed by atoms with E-state index in [1.165, 1.54) is 6.39 Å². The van der Waals surface area contributed by atoms with Crippen molar-refractivity contribution in [3.05, 3.63) is 47.7 Å². The van der Waals surface area contributed by atoms with E-state index in [9.17, 15) is 4.79 Å². The number of hydrogen-bond donors (Lipinski definition) is 0. The molecular weight excluding hydrogens is 332 g/mol. The van der Waals surface area contributed by atoms with Gasteiger partial charge in [0, 0.05) is 23.3 Å². The van der Waals surface area contributed by atoms with Crippen LogP contribution in [0.5, 0.6) is 0 Å². The summed E-state index contributed by atoms with van der Waals surface area (Å²) in [6.45, 7) is 1.58. The number of benzene rings is 1. The van der Waals surface area contributed by atoms with E-state index in [1.54, 1.807) is 4.90 Å². The van der Waals surface area contributed by atoms with Crippen LogP contribution in [0.2, 0.25) is 5.02 Å². The Kier molecular flexibility index (Phi) is 3.95. The van der Waals surface area contributed by atoms with Crippen molar-refractivity contribution in [2.45, 2.75) is 12.6 Å². The molecule has 1 unspecified atom stereocenters. The molecule has 2 aromatic heterocycles. The van der Waals surface area contributed by atoms with E-state index in [2.05, 4.69) is 10.1 Å². The van der Waals surface area contributed by atoms with Crippen LogP contribution in [-0.4, -0.2) is 45.3 Å². The highest BCUT2D eigenvalue weighted by atomic mass is 35.5. The molecule has 0 spiro atoms. The molecule has 7 nitrogen and oxygen atoms in total. The lowest BCUT2D eigenvalue weighted by Crippen LogP contribution is -2.45. The van der Waals surface area contributed by atoms with E-state index in [0.29, 0.717) is 30.6 Å². The van der Waals surface area contributed by atoms with Crippen LogP contribution in [0.15, 0.2) is 41.4 Å². The average molecular weight is 347 g/mol. The average Bonchev–Trinajstić information content (AvgIpc) is 3.25. The molecule has 1 aromatic carbocycles. The number of morpholine rings is 1. The van der Waals surface area contributed by atoms with Gasteiger partial charge in [-0.3, -0.25) is 4.79 Å². The van der Waals surface area contributed by atoms with Gasteiger partial charge in [-0.1, -0.05) is 22.8 Å². The van der Waals surface area contributed by atoms with Crippen molar-refractivity contribution >= 4 is 28.4 Å². The third-order valence-corrected chi connectivity index (χ3v) is 4.40. The minimum absolute atomic E-state index is 0.0226. The number of ether oxygens (including phenoxy) is 1. The van der Waals surface area contributed by atoms with Gasteiger partial charge in [-0.05, 0) is 23.6 Å². The lowest BCUT2D eigenvalue weighted by Gasteiger charge is -2.33. The first-order valence-electron chi connectivity index (χ1n) is 7.60. The van der Waals surface area contributed by atoms with E-state index < -0.39 is 0 Å². The number of nitrogens with zero attached hydrogens (tertiary/aromatic N) is 4. The molecule has 1 aliphatic rings. The molecule has 1 atom stereocenters. The van der Waals surface area contributed by atoms with Crippen LogP contribution in [0.25, 0.3) is 10.9 Å². The van der Waals surface area contributed by atoms with Gasteiger partial charge in [-0.25, -0.2) is 0 Å². The summed E-state index contributed by atoms with van der Waals surface area (Å²) < 4.78 is 12.2. The van der Waals surface area contributed by atoms with Crippen molar-refractivity contribution in [2.24, 2.45) is 0 Å². The summed E-state index contributed by atoms with van der Waals surface area (Å²) in [7, 11) is 0. The number of halogens is 1. The molecule has 8 heteroatoms. The topological polar surface area (TPSA) is 73.4 Å². The standard InChI is InChI=1S/C16H15ClN4O3/c17-12-2-1-11-3-4-20(13(11)7-12)8-15(22)21-5-6-23-9-14(21)16-18-10-24-19-16/h1-4,7,10,14H,5-6,8-9H2. The van der Waals surface area contributed by atoms with Crippen molar-refractivity contribution in [1.29, 1.82) is 0 Å². The normalized spacial score (nSPS) is 18.2. The fraction of sp³-hybridized carbons (Fsp3) is 0.312. The molecule has 24 heavy (non-hydrogen) atoms. The molecule has 4 rings (SSSR count). The van der Waals surface area contributed by atoms with Gasteiger partial charge in [0.1, 0.15) is 12.6 Å². The van der Waals surface area contributed by atoms with E-state index in [4.69, 9.17) is 20.9 Å². The molecule has 124 valence electrons. The number of rotatable bonds is 3. The van der Waals surface area contributed by atoms with Crippen LogP contribution in [0, 0.1) is 0 Å². The number of hydrogen-bond acceptors (Lipinski definition) is 5. The first-order valence-corrected chi connectivity index (χ1v) is 7.98. The Morgan fingerprint density at radius 1 is 1.38 bits per heavy atom. The largest absolute Gasteiger partial charge is 0.377 e. The van der Waals surface area contributed by atoms with Crippen LogP contribution < -0.4 is 0 Å². The monoisotopic (exact) mass is 346 g/mol. The van der Waals surface area contributed by atoms with Gasteiger partial charge in [-0.15, -0.1) is 0 Å². The van der Waals surface area contributed by atoms with Gasteiger partial charge in [0.25, 0.3) is 0 Å². The maximum absolute atomic E-state index is 12.8. The second kappa shape index (κ2) is 6.26. The molecule has 0 bridgehead atoms. The maximum atomic E-state index is 12.8. The third kappa shape index (κ3) is 2.76. The number of aromatic nitrogens is 3. The number of fused-ring (bicyclic) bond motifs is 1. The first kappa shape index (κ1) is 15.2. The van der Waals surface area contributed by atoms with Crippen molar-refractivity contribution in [3.63, 3.8) is 0 Å². The summed E-state index contributed by atoms with van der Waals surface area (Å²) in [6, 6.07) is 7.28. The molecular formula is C16H15ClN4O3. The summed E-state index contributed by atoms with van der Waals surface area (Å²) in [5, 5.41) is 5.54. The zero-order chi connectivity index (χ0) is 16.5. The van der Waals surface area contributed by atoms with E-state index in [1.807, 2.05) is 35.0 Å². The molecule has 0 aliphatic carbocycles. The summed E-state index contributed by atoms with van der Waals surface area (Å²) in [4.78, 5) is 18.6. The van der Waals surface area contributed by atoms with Gasteiger partial charge < -0.3 is 18.7 Å². The second-order valence-corrected chi connectivity index (χ2v) is 6.05. The Morgan fingerprint density at radius 3 is 3.12 bits per heavy atom. The SMILES string of the molecule is O=C(Cn1ccc2ccc(Cl)cc21)N1CCOCC1c1ncon1. The van der Waals surface area contributed by atoms with E-state index >= 15 is 0 Å². The Balaban J connectivity index is 1.59. The van der Waals surface area contributed by atoms with Gasteiger partial charge in [0.2, 0.25) is 12.3 Å². The van der Waals surface area contributed by atoms with Gasteiger partial charge in [0.15, 0.2) is 5.82 Å². The maximum Gasteiger partial charge on any atom is 0.243 e. The Bertz CT molecular complexity index is 861. The predicted octanol–water partition coefficient (Wildman–Crippen LogP) is 2.28. The molecule has 3 aromatic rings. The van der Waals surface area contributed by atoms with Crippen molar-refractivity contribution in [3.8, 4) is 0 Å². The highest BCUT2D eigenvalue weighted by Crippen LogP contribution is 2.24. The minimum atomic E-state index is -0.324. The van der Waals surface area contributed by atoms with Crippen molar-refractivity contribution < 1.29 is 14.1 Å². The second-order valence-electron chi connectivity index (χ2n) is 5.61.